The number of carbonyl (C=O) groups excluding carboxylic acids is 1. The summed E-state index contributed by atoms with van der Waals surface area (Å²) in [6.45, 7) is 2.02. The number of aromatic amines is 1. The van der Waals surface area contributed by atoms with Crippen molar-refractivity contribution < 1.29 is 9.18 Å². The Labute approximate surface area is 125 Å². The van der Waals surface area contributed by atoms with Crippen LogP contribution in [0.2, 0.25) is 0 Å². The summed E-state index contributed by atoms with van der Waals surface area (Å²) in [6.07, 6.45) is 0. The zero-order valence-corrected chi connectivity index (χ0v) is 12.2. The van der Waals surface area contributed by atoms with Gasteiger partial charge in [-0.05, 0) is 48.9 Å². The Morgan fingerprint density at radius 2 is 2.00 bits per heavy atom. The van der Waals surface area contributed by atoms with E-state index in [0.717, 1.165) is 16.6 Å². The number of H-pyrrole nitrogens is 1. The molecule has 21 heavy (non-hydrogen) atoms. The minimum Gasteiger partial charge on any atom is -0.333 e. The number of nitrogens with one attached hydrogen (secondary N) is 1. The van der Waals surface area contributed by atoms with Crippen molar-refractivity contribution in [3.63, 3.8) is 0 Å². The fourth-order valence-corrected chi connectivity index (χ4v) is 2.80. The number of aryl methyl sites for hydroxylation is 1. The van der Waals surface area contributed by atoms with Crippen LogP contribution in [0.3, 0.4) is 0 Å². The summed E-state index contributed by atoms with van der Waals surface area (Å²) < 4.78 is 12.8. The minimum atomic E-state index is -0.341. The summed E-state index contributed by atoms with van der Waals surface area (Å²) in [4.78, 5) is 19.6. The lowest BCUT2D eigenvalue weighted by Gasteiger charge is -1.99. The van der Waals surface area contributed by atoms with Crippen LogP contribution in [0.5, 0.6) is 0 Å². The molecule has 0 aliphatic heterocycles. The van der Waals surface area contributed by atoms with Crippen molar-refractivity contribution in [2.45, 2.75) is 12.1 Å². The van der Waals surface area contributed by atoms with E-state index in [9.17, 15) is 9.18 Å². The van der Waals surface area contributed by atoms with Crippen LogP contribution in [0.4, 0.5) is 4.39 Å². The number of ketones is 1. The summed E-state index contributed by atoms with van der Waals surface area (Å²) in [6, 6.07) is 11.6. The van der Waals surface area contributed by atoms with Crippen molar-refractivity contribution in [1.29, 1.82) is 0 Å². The Balaban J connectivity index is 1.71. The average molecular weight is 300 g/mol. The van der Waals surface area contributed by atoms with Gasteiger partial charge in [0.25, 0.3) is 0 Å². The van der Waals surface area contributed by atoms with Gasteiger partial charge in [-0.1, -0.05) is 17.8 Å². The van der Waals surface area contributed by atoms with E-state index >= 15 is 0 Å². The molecule has 0 fully saturated rings. The van der Waals surface area contributed by atoms with Gasteiger partial charge >= 0.3 is 0 Å². The molecule has 0 aliphatic rings. The molecule has 1 heterocycles. The largest absolute Gasteiger partial charge is 0.333 e. The molecule has 0 bridgehead atoms. The van der Waals surface area contributed by atoms with Crippen LogP contribution < -0.4 is 0 Å². The lowest BCUT2D eigenvalue weighted by atomic mass is 10.1. The highest BCUT2D eigenvalue weighted by atomic mass is 32.2. The van der Waals surface area contributed by atoms with Crippen LogP contribution in [0.1, 0.15) is 15.9 Å². The second kappa shape index (κ2) is 5.69. The molecule has 3 aromatic rings. The van der Waals surface area contributed by atoms with Gasteiger partial charge in [0, 0.05) is 5.56 Å². The highest BCUT2D eigenvalue weighted by Gasteiger charge is 2.09. The van der Waals surface area contributed by atoms with E-state index in [1.165, 1.54) is 36.0 Å². The Hall–Kier alpha value is -2.14. The lowest BCUT2D eigenvalue weighted by molar-refractivity contribution is 0.102. The number of hydrogen-bond donors (Lipinski definition) is 1. The maximum absolute atomic E-state index is 12.8. The summed E-state index contributed by atoms with van der Waals surface area (Å²) >= 11 is 1.35. The summed E-state index contributed by atoms with van der Waals surface area (Å²) in [5, 5.41) is 0.714. The molecule has 1 aromatic heterocycles. The predicted octanol–water partition coefficient (Wildman–Crippen LogP) is 3.99. The molecule has 0 spiro atoms. The molecule has 0 amide bonds. The molecular formula is C16H13FN2OS. The Morgan fingerprint density at radius 3 is 2.76 bits per heavy atom. The van der Waals surface area contributed by atoms with Gasteiger partial charge in [0.15, 0.2) is 10.9 Å². The van der Waals surface area contributed by atoms with Gasteiger partial charge in [-0.15, -0.1) is 0 Å². The second-order valence-corrected chi connectivity index (χ2v) is 5.75. The number of imidazole rings is 1. The maximum Gasteiger partial charge on any atom is 0.173 e. The third-order valence-corrected chi connectivity index (χ3v) is 4.00. The third-order valence-electron chi connectivity index (χ3n) is 3.12. The van der Waals surface area contributed by atoms with Crippen molar-refractivity contribution in [2.75, 3.05) is 5.75 Å². The van der Waals surface area contributed by atoms with E-state index in [-0.39, 0.29) is 17.4 Å². The molecule has 2 aromatic carbocycles. The van der Waals surface area contributed by atoms with Gasteiger partial charge in [-0.25, -0.2) is 9.37 Å². The first-order valence-corrected chi connectivity index (χ1v) is 7.48. The molecule has 1 N–H and O–H groups in total. The number of carbonyl (C=O) groups is 1. The second-order valence-electron chi connectivity index (χ2n) is 4.78. The van der Waals surface area contributed by atoms with Gasteiger partial charge in [0.2, 0.25) is 0 Å². The number of aromatic nitrogens is 2. The number of benzene rings is 2. The normalized spacial score (nSPS) is 11.0. The molecule has 0 saturated carbocycles. The van der Waals surface area contributed by atoms with Crippen LogP contribution in [-0.4, -0.2) is 21.5 Å². The fraction of sp³-hybridized carbons (Fsp3) is 0.125. The summed E-state index contributed by atoms with van der Waals surface area (Å²) in [5.74, 6) is -0.117. The van der Waals surface area contributed by atoms with Gasteiger partial charge in [-0.3, -0.25) is 4.79 Å². The lowest BCUT2D eigenvalue weighted by Crippen LogP contribution is -2.02. The monoisotopic (exact) mass is 300 g/mol. The van der Waals surface area contributed by atoms with E-state index in [1.807, 2.05) is 25.1 Å². The number of nitrogens with zero attached hydrogens (tertiary/aromatic N) is 1. The average Bonchev–Trinajstić information content (AvgIpc) is 2.87. The van der Waals surface area contributed by atoms with Crippen molar-refractivity contribution in [3.8, 4) is 0 Å². The van der Waals surface area contributed by atoms with Crippen LogP contribution >= 0.6 is 11.8 Å². The van der Waals surface area contributed by atoms with Crippen LogP contribution in [0.25, 0.3) is 11.0 Å². The standard InChI is InChI=1S/C16H13FN2OS/c1-10-2-7-13-14(8-10)19-16(18-13)21-9-15(20)11-3-5-12(17)6-4-11/h2-8H,9H2,1H3,(H,18,19). The maximum atomic E-state index is 12.8. The van der Waals surface area contributed by atoms with Crippen LogP contribution in [0, 0.1) is 12.7 Å². The van der Waals surface area contributed by atoms with Gasteiger partial charge in [-0.2, -0.15) is 0 Å². The first kappa shape index (κ1) is 13.8. The summed E-state index contributed by atoms with van der Waals surface area (Å²) in [7, 11) is 0. The number of hydrogen-bond acceptors (Lipinski definition) is 3. The Bertz CT molecular complexity index is 796. The molecule has 3 rings (SSSR count). The molecule has 5 heteroatoms. The van der Waals surface area contributed by atoms with E-state index in [4.69, 9.17) is 0 Å². The molecular weight excluding hydrogens is 287 g/mol. The van der Waals surface area contributed by atoms with Gasteiger partial charge in [0.1, 0.15) is 5.82 Å². The molecule has 3 nitrogen and oxygen atoms in total. The first-order valence-electron chi connectivity index (χ1n) is 6.50. The van der Waals surface area contributed by atoms with Crippen molar-refractivity contribution in [2.24, 2.45) is 0 Å². The third kappa shape index (κ3) is 3.13. The van der Waals surface area contributed by atoms with Crippen molar-refractivity contribution >= 4 is 28.6 Å². The first-order chi connectivity index (χ1) is 10.1. The van der Waals surface area contributed by atoms with Crippen molar-refractivity contribution in [3.05, 3.63) is 59.4 Å². The van der Waals surface area contributed by atoms with E-state index < -0.39 is 0 Å². The number of halogens is 1. The number of rotatable bonds is 4. The topological polar surface area (TPSA) is 45.8 Å². The smallest absolute Gasteiger partial charge is 0.173 e. The molecule has 0 aliphatic carbocycles. The van der Waals surface area contributed by atoms with E-state index in [0.29, 0.717) is 10.7 Å². The Morgan fingerprint density at radius 1 is 1.24 bits per heavy atom. The number of fused-ring (bicyclic) bond motifs is 1. The van der Waals surface area contributed by atoms with Crippen molar-refractivity contribution in [1.82, 2.24) is 9.97 Å². The fourth-order valence-electron chi connectivity index (χ4n) is 2.02. The van der Waals surface area contributed by atoms with Crippen LogP contribution in [0.15, 0.2) is 47.6 Å². The zero-order chi connectivity index (χ0) is 14.8. The molecule has 106 valence electrons. The van der Waals surface area contributed by atoms with Gasteiger partial charge < -0.3 is 4.98 Å². The zero-order valence-electron chi connectivity index (χ0n) is 11.4. The SMILES string of the molecule is Cc1ccc2nc(SCC(=O)c3ccc(F)cc3)[nH]c2c1. The summed E-state index contributed by atoms with van der Waals surface area (Å²) in [5.41, 5.74) is 3.52. The van der Waals surface area contributed by atoms with E-state index in [2.05, 4.69) is 9.97 Å². The van der Waals surface area contributed by atoms with E-state index in [1.54, 1.807) is 0 Å². The molecule has 0 radical (unpaired) electrons. The minimum absolute atomic E-state index is 0.0448. The number of Topliss-reactive ketones (excluding diaryl/α,β-unsaturated/α-hetero) is 1. The number of thioether (sulfide) groups is 1. The predicted molar refractivity (Wildman–Crippen MR) is 82.3 cm³/mol. The molecule has 0 saturated heterocycles. The Kier molecular flexibility index (Phi) is 3.75. The molecule has 0 unspecified atom stereocenters. The quantitative estimate of drug-likeness (QED) is 0.585. The van der Waals surface area contributed by atoms with Gasteiger partial charge in [0.05, 0.1) is 16.8 Å². The highest BCUT2D eigenvalue weighted by Crippen LogP contribution is 2.21. The molecule has 0 atom stereocenters. The van der Waals surface area contributed by atoms with Crippen LogP contribution in [-0.2, 0) is 0 Å². The highest BCUT2D eigenvalue weighted by molar-refractivity contribution is 7.99.